The molecule has 3 aromatic rings. The van der Waals surface area contributed by atoms with E-state index in [9.17, 15) is 4.79 Å². The number of fused-ring (bicyclic) bond motifs is 1. The Labute approximate surface area is 151 Å². The van der Waals surface area contributed by atoms with Crippen molar-refractivity contribution in [2.24, 2.45) is 0 Å². The highest BCUT2D eigenvalue weighted by molar-refractivity contribution is 5.81. The summed E-state index contributed by atoms with van der Waals surface area (Å²) in [4.78, 5) is 21.2. The first-order chi connectivity index (χ1) is 12.6. The predicted molar refractivity (Wildman–Crippen MR) is 95.4 cm³/mol. The number of H-pyrrole nitrogens is 1. The molecule has 26 heavy (non-hydrogen) atoms. The highest BCUT2D eigenvalue weighted by Gasteiger charge is 2.29. The quantitative estimate of drug-likeness (QED) is 0.728. The second-order valence-corrected chi connectivity index (χ2v) is 6.64. The molecule has 0 bridgehead atoms. The number of nitrogens with one attached hydrogen (secondary N) is 2. The van der Waals surface area contributed by atoms with E-state index in [4.69, 9.17) is 4.74 Å². The summed E-state index contributed by atoms with van der Waals surface area (Å²) in [5, 5.41) is 9.96. The van der Waals surface area contributed by atoms with Crippen LogP contribution in [-0.4, -0.2) is 43.3 Å². The van der Waals surface area contributed by atoms with Crippen molar-refractivity contribution in [1.29, 1.82) is 0 Å². The number of amides is 1. The molecule has 1 fully saturated rings. The number of aromatic nitrogens is 5. The molecule has 8 nitrogen and oxygen atoms in total. The minimum atomic E-state index is -0.0957. The summed E-state index contributed by atoms with van der Waals surface area (Å²) in [6.07, 6.45) is 1.64. The zero-order valence-corrected chi connectivity index (χ0v) is 14.9. The monoisotopic (exact) mass is 354 g/mol. The van der Waals surface area contributed by atoms with Gasteiger partial charge < -0.3 is 14.6 Å². The van der Waals surface area contributed by atoms with Crippen LogP contribution in [0.15, 0.2) is 24.3 Å². The summed E-state index contributed by atoms with van der Waals surface area (Å²) in [6.45, 7) is 4.52. The van der Waals surface area contributed by atoms with Crippen LogP contribution in [0.3, 0.4) is 0 Å². The van der Waals surface area contributed by atoms with Crippen LogP contribution >= 0.6 is 0 Å². The fraction of sp³-hybridized carbons (Fsp3) is 0.444. The van der Waals surface area contributed by atoms with Crippen LogP contribution in [0.25, 0.3) is 11.0 Å². The Morgan fingerprint density at radius 1 is 1.31 bits per heavy atom. The summed E-state index contributed by atoms with van der Waals surface area (Å²) in [7, 11) is 0. The van der Waals surface area contributed by atoms with Gasteiger partial charge in [0.05, 0.1) is 17.1 Å². The number of carbonyl (C=O) groups excluding carboxylic acids is 1. The van der Waals surface area contributed by atoms with E-state index >= 15 is 0 Å². The van der Waals surface area contributed by atoms with Crippen molar-refractivity contribution in [3.05, 3.63) is 41.7 Å². The lowest BCUT2D eigenvalue weighted by atomic mass is 10.2. The number of rotatable bonds is 5. The highest BCUT2D eigenvalue weighted by Crippen LogP contribution is 2.30. The van der Waals surface area contributed by atoms with Crippen LogP contribution in [0.2, 0.25) is 0 Å². The van der Waals surface area contributed by atoms with E-state index < -0.39 is 0 Å². The molecule has 0 unspecified atom stereocenters. The summed E-state index contributed by atoms with van der Waals surface area (Å²) < 4.78 is 7.89. The molecule has 0 spiro atoms. The van der Waals surface area contributed by atoms with E-state index in [1.807, 2.05) is 42.7 Å². The Morgan fingerprint density at radius 2 is 2.15 bits per heavy atom. The van der Waals surface area contributed by atoms with Gasteiger partial charge in [-0.25, -0.2) is 9.97 Å². The number of para-hydroxylation sites is 2. The molecule has 2 N–H and O–H groups in total. The van der Waals surface area contributed by atoms with Gasteiger partial charge in [-0.3, -0.25) is 9.89 Å². The summed E-state index contributed by atoms with van der Waals surface area (Å²) in [5.74, 6) is 2.26. The molecule has 1 amide bonds. The molecular formula is C18H22N6O2. The second kappa shape index (κ2) is 6.87. The third kappa shape index (κ3) is 3.32. The number of carbonyl (C=O) groups is 1. The fourth-order valence-corrected chi connectivity index (χ4v) is 3.37. The molecule has 1 aliphatic rings. The van der Waals surface area contributed by atoms with Gasteiger partial charge in [-0.1, -0.05) is 12.1 Å². The van der Waals surface area contributed by atoms with Crippen molar-refractivity contribution in [3.8, 4) is 0 Å². The standard InChI is InChI=1S/C18H22N6O2/c1-11-20-18(23-22-11)16-8-7-13(26-16)9-19-17(25)10-24-12(2)21-14-5-3-4-6-15(14)24/h3-6,13,16H,7-10H2,1-2H3,(H,19,25)(H,20,22,23)/t13-,16+/m1/s1. The lowest BCUT2D eigenvalue weighted by Crippen LogP contribution is -2.34. The lowest BCUT2D eigenvalue weighted by molar-refractivity contribution is -0.122. The minimum Gasteiger partial charge on any atom is -0.365 e. The smallest absolute Gasteiger partial charge is 0.240 e. The fourth-order valence-electron chi connectivity index (χ4n) is 3.37. The van der Waals surface area contributed by atoms with E-state index in [0.29, 0.717) is 12.4 Å². The minimum absolute atomic E-state index is 0.0108. The Bertz CT molecular complexity index is 931. The number of nitrogens with zero attached hydrogens (tertiary/aromatic N) is 4. The van der Waals surface area contributed by atoms with E-state index in [1.54, 1.807) is 0 Å². The van der Waals surface area contributed by atoms with Gasteiger partial charge in [-0.15, -0.1) is 0 Å². The predicted octanol–water partition coefficient (Wildman–Crippen LogP) is 1.81. The SMILES string of the molecule is Cc1nc([C@@H]2CC[C@H](CNC(=O)Cn3c(C)nc4ccccc43)O2)n[nH]1. The van der Waals surface area contributed by atoms with Gasteiger partial charge in [0.1, 0.15) is 24.3 Å². The van der Waals surface area contributed by atoms with Gasteiger partial charge in [0.15, 0.2) is 5.82 Å². The van der Waals surface area contributed by atoms with Crippen molar-refractivity contribution in [2.45, 2.75) is 45.4 Å². The first kappa shape index (κ1) is 16.7. The molecule has 8 heteroatoms. The van der Waals surface area contributed by atoms with Gasteiger partial charge >= 0.3 is 0 Å². The van der Waals surface area contributed by atoms with Crippen molar-refractivity contribution in [1.82, 2.24) is 30.0 Å². The molecule has 2 atom stereocenters. The van der Waals surface area contributed by atoms with E-state index in [-0.39, 0.29) is 24.7 Å². The molecule has 0 radical (unpaired) electrons. The van der Waals surface area contributed by atoms with E-state index in [2.05, 4.69) is 25.5 Å². The van der Waals surface area contributed by atoms with Gasteiger partial charge in [-0.05, 0) is 38.8 Å². The van der Waals surface area contributed by atoms with Crippen LogP contribution in [0.1, 0.15) is 36.4 Å². The summed E-state index contributed by atoms with van der Waals surface area (Å²) in [5.41, 5.74) is 1.87. The average Bonchev–Trinajstić information content (AvgIpc) is 3.33. The molecule has 1 aliphatic heterocycles. The van der Waals surface area contributed by atoms with Crippen molar-refractivity contribution in [3.63, 3.8) is 0 Å². The number of aryl methyl sites for hydroxylation is 2. The molecule has 4 rings (SSSR count). The normalized spacial score (nSPS) is 19.9. The molecule has 1 aromatic carbocycles. The Kier molecular flexibility index (Phi) is 4.42. The molecule has 2 aromatic heterocycles. The third-order valence-corrected chi connectivity index (χ3v) is 4.68. The molecular weight excluding hydrogens is 332 g/mol. The van der Waals surface area contributed by atoms with Gasteiger partial charge in [0.2, 0.25) is 5.91 Å². The largest absolute Gasteiger partial charge is 0.365 e. The molecule has 3 heterocycles. The number of aromatic amines is 1. The number of hydrogen-bond donors (Lipinski definition) is 2. The molecule has 0 aliphatic carbocycles. The molecule has 1 saturated heterocycles. The Hall–Kier alpha value is -2.74. The third-order valence-electron chi connectivity index (χ3n) is 4.68. The van der Waals surface area contributed by atoms with Crippen LogP contribution in [0.5, 0.6) is 0 Å². The van der Waals surface area contributed by atoms with Gasteiger partial charge in [0.25, 0.3) is 0 Å². The van der Waals surface area contributed by atoms with Gasteiger partial charge in [-0.2, -0.15) is 5.10 Å². The summed E-state index contributed by atoms with van der Waals surface area (Å²) >= 11 is 0. The first-order valence-electron chi connectivity index (χ1n) is 8.83. The Morgan fingerprint density at radius 3 is 2.96 bits per heavy atom. The summed E-state index contributed by atoms with van der Waals surface area (Å²) in [6, 6.07) is 7.83. The van der Waals surface area contributed by atoms with Crippen LogP contribution in [0, 0.1) is 13.8 Å². The molecule has 136 valence electrons. The number of benzene rings is 1. The second-order valence-electron chi connectivity index (χ2n) is 6.64. The number of imidazole rings is 1. The van der Waals surface area contributed by atoms with E-state index in [1.165, 1.54) is 0 Å². The van der Waals surface area contributed by atoms with E-state index in [0.717, 1.165) is 35.5 Å². The lowest BCUT2D eigenvalue weighted by Gasteiger charge is -2.13. The molecule has 0 saturated carbocycles. The maximum absolute atomic E-state index is 12.4. The van der Waals surface area contributed by atoms with Crippen LogP contribution < -0.4 is 5.32 Å². The number of ether oxygens (including phenoxy) is 1. The highest BCUT2D eigenvalue weighted by atomic mass is 16.5. The zero-order valence-electron chi connectivity index (χ0n) is 14.9. The van der Waals surface area contributed by atoms with Crippen LogP contribution in [0.4, 0.5) is 0 Å². The van der Waals surface area contributed by atoms with Gasteiger partial charge in [0, 0.05) is 6.54 Å². The Balaban J connectivity index is 1.32. The maximum atomic E-state index is 12.4. The topological polar surface area (TPSA) is 97.7 Å². The van der Waals surface area contributed by atoms with Crippen molar-refractivity contribution < 1.29 is 9.53 Å². The number of hydrogen-bond acceptors (Lipinski definition) is 5. The van der Waals surface area contributed by atoms with Crippen molar-refractivity contribution >= 4 is 16.9 Å². The zero-order chi connectivity index (χ0) is 18.1. The first-order valence-corrected chi connectivity index (χ1v) is 8.83. The maximum Gasteiger partial charge on any atom is 0.240 e. The van der Waals surface area contributed by atoms with Crippen LogP contribution in [-0.2, 0) is 16.1 Å². The average molecular weight is 354 g/mol. The van der Waals surface area contributed by atoms with Crippen molar-refractivity contribution in [2.75, 3.05) is 6.54 Å².